The van der Waals surface area contributed by atoms with Gasteiger partial charge in [0.1, 0.15) is 6.07 Å². The molecule has 0 spiro atoms. The predicted molar refractivity (Wildman–Crippen MR) is 196 cm³/mol. The number of benzene rings is 6. The van der Waals surface area contributed by atoms with E-state index in [1.54, 1.807) is 0 Å². The number of hydrogen-bond donors (Lipinski definition) is 0. The molecule has 0 bridgehead atoms. The summed E-state index contributed by atoms with van der Waals surface area (Å²) < 4.78 is 4.59. The maximum absolute atomic E-state index is 10.6. The summed E-state index contributed by atoms with van der Waals surface area (Å²) in [6.45, 7) is 0. The van der Waals surface area contributed by atoms with Crippen LogP contribution in [0.2, 0.25) is 0 Å². The zero-order valence-electron chi connectivity index (χ0n) is 26.3. The van der Waals surface area contributed by atoms with E-state index in [0.717, 1.165) is 52.3 Å². The average Bonchev–Trinajstić information content (AvgIpc) is 3.67. The highest BCUT2D eigenvalue weighted by Gasteiger charge is 2.26. The van der Waals surface area contributed by atoms with Crippen molar-refractivity contribution in [2.45, 2.75) is 25.2 Å². The largest absolute Gasteiger partial charge is 0.309 e. The molecule has 4 nitrogen and oxygen atoms in total. The molecule has 0 N–H and O–H groups in total. The third-order valence-corrected chi connectivity index (χ3v) is 10.1. The van der Waals surface area contributed by atoms with Crippen LogP contribution in [0, 0.1) is 22.7 Å². The van der Waals surface area contributed by atoms with Gasteiger partial charge in [0.25, 0.3) is 0 Å². The quantitative estimate of drug-likeness (QED) is 0.198. The Morgan fingerprint density at radius 3 is 1.83 bits per heavy atom. The molecule has 0 radical (unpaired) electrons. The van der Waals surface area contributed by atoms with E-state index in [4.69, 9.17) is 0 Å². The molecule has 226 valence electrons. The molecule has 0 saturated heterocycles. The van der Waals surface area contributed by atoms with Crippen LogP contribution < -0.4 is 0 Å². The van der Waals surface area contributed by atoms with Gasteiger partial charge in [-0.3, -0.25) is 0 Å². The second kappa shape index (κ2) is 11.2. The fourth-order valence-electron chi connectivity index (χ4n) is 7.99. The lowest BCUT2D eigenvalue weighted by atomic mass is 9.78. The molecule has 9 rings (SSSR count). The van der Waals surface area contributed by atoms with E-state index in [0.29, 0.717) is 11.1 Å². The van der Waals surface area contributed by atoms with Crippen molar-refractivity contribution in [2.24, 2.45) is 0 Å². The Kier molecular flexibility index (Phi) is 6.49. The number of nitrogens with zero attached hydrogens (tertiary/aromatic N) is 4. The molecule has 1 aliphatic rings. The molecule has 0 amide bonds. The standard InChI is InChI=1S/C44H30N4/c45-27-29-21-23-44-38(25-29)37-16-6-10-20-43(37)47(44)39-24-22-30(26-31(39)28-46)32-11-1-2-12-33(32)34-13-3-7-17-40(34)48-41-18-8-4-14-35(41)36-15-5-9-19-42(36)48/h3-11,13-26,33H,1-2,12H2. The molecule has 0 saturated carbocycles. The van der Waals surface area contributed by atoms with Crippen LogP contribution in [0.15, 0.2) is 140 Å². The fourth-order valence-corrected chi connectivity index (χ4v) is 7.99. The fraction of sp³-hybridized carbons (Fsp3) is 0.0909. The summed E-state index contributed by atoms with van der Waals surface area (Å²) >= 11 is 0. The van der Waals surface area contributed by atoms with Crippen molar-refractivity contribution in [2.75, 3.05) is 0 Å². The van der Waals surface area contributed by atoms with Crippen molar-refractivity contribution in [3.63, 3.8) is 0 Å². The Hall–Kier alpha value is -6.36. The van der Waals surface area contributed by atoms with Crippen LogP contribution in [-0.2, 0) is 0 Å². The minimum atomic E-state index is 0.185. The number of aromatic nitrogens is 2. The molecule has 1 aliphatic carbocycles. The van der Waals surface area contributed by atoms with E-state index in [9.17, 15) is 10.5 Å². The first-order chi connectivity index (χ1) is 23.7. The lowest BCUT2D eigenvalue weighted by molar-refractivity contribution is 0.667. The zero-order valence-corrected chi connectivity index (χ0v) is 26.3. The lowest BCUT2D eigenvalue weighted by Crippen LogP contribution is -2.11. The molecule has 6 aromatic carbocycles. The van der Waals surface area contributed by atoms with Gasteiger partial charge in [0, 0.05) is 33.2 Å². The van der Waals surface area contributed by atoms with Gasteiger partial charge in [0.05, 0.1) is 45.0 Å². The number of nitriles is 2. The molecule has 1 atom stereocenters. The van der Waals surface area contributed by atoms with Crippen molar-refractivity contribution in [3.05, 3.63) is 162 Å². The molecule has 1 unspecified atom stereocenters. The number of allylic oxidation sites excluding steroid dienone is 2. The van der Waals surface area contributed by atoms with Gasteiger partial charge in [0.2, 0.25) is 0 Å². The van der Waals surface area contributed by atoms with E-state index in [1.807, 2.05) is 30.3 Å². The molecule has 2 aromatic heterocycles. The Balaban J connectivity index is 1.20. The minimum Gasteiger partial charge on any atom is -0.309 e. The SMILES string of the molecule is N#Cc1ccc2c(c1)c1ccccc1n2-c1ccc(C2=CCCCC2c2ccccc2-n2c3ccccc3c3ccccc32)cc1C#N. The Morgan fingerprint density at radius 2 is 1.15 bits per heavy atom. The molecule has 8 aromatic rings. The summed E-state index contributed by atoms with van der Waals surface area (Å²) in [5.41, 5.74) is 11.4. The molecule has 2 heterocycles. The van der Waals surface area contributed by atoms with E-state index in [-0.39, 0.29) is 5.92 Å². The summed E-state index contributed by atoms with van der Waals surface area (Å²) in [6.07, 6.45) is 5.56. The van der Waals surface area contributed by atoms with Gasteiger partial charge in [0.15, 0.2) is 0 Å². The average molecular weight is 615 g/mol. The number of para-hydroxylation sites is 4. The van der Waals surface area contributed by atoms with Crippen molar-refractivity contribution >= 4 is 49.2 Å². The number of rotatable bonds is 4. The van der Waals surface area contributed by atoms with Crippen LogP contribution in [0.4, 0.5) is 0 Å². The summed E-state index contributed by atoms with van der Waals surface area (Å²) in [5.74, 6) is 0.185. The highest BCUT2D eigenvalue weighted by atomic mass is 15.0. The first kappa shape index (κ1) is 27.9. The van der Waals surface area contributed by atoms with E-state index in [2.05, 4.69) is 130 Å². The van der Waals surface area contributed by atoms with E-state index >= 15 is 0 Å². The maximum Gasteiger partial charge on any atom is 0.101 e. The Labute approximate surface area is 278 Å². The van der Waals surface area contributed by atoms with Crippen molar-refractivity contribution in [1.82, 2.24) is 9.13 Å². The van der Waals surface area contributed by atoms with Crippen LogP contribution in [0.5, 0.6) is 0 Å². The molecule has 0 aliphatic heterocycles. The number of fused-ring (bicyclic) bond motifs is 6. The smallest absolute Gasteiger partial charge is 0.101 e. The molecule has 0 fully saturated rings. The molecular weight excluding hydrogens is 585 g/mol. The topological polar surface area (TPSA) is 57.4 Å². The molecule has 48 heavy (non-hydrogen) atoms. The second-order valence-corrected chi connectivity index (χ2v) is 12.6. The third-order valence-electron chi connectivity index (χ3n) is 10.1. The maximum atomic E-state index is 10.6. The molecule has 4 heteroatoms. The minimum absolute atomic E-state index is 0.185. The Bertz CT molecular complexity index is 2630. The zero-order chi connectivity index (χ0) is 32.2. The van der Waals surface area contributed by atoms with Crippen LogP contribution >= 0.6 is 0 Å². The van der Waals surface area contributed by atoms with Gasteiger partial charge >= 0.3 is 0 Å². The highest BCUT2D eigenvalue weighted by Crippen LogP contribution is 2.44. The van der Waals surface area contributed by atoms with Gasteiger partial charge in [-0.2, -0.15) is 10.5 Å². The van der Waals surface area contributed by atoms with Crippen molar-refractivity contribution in [1.29, 1.82) is 10.5 Å². The summed E-state index contributed by atoms with van der Waals surface area (Å²) in [4.78, 5) is 0. The second-order valence-electron chi connectivity index (χ2n) is 12.6. The highest BCUT2D eigenvalue weighted by molar-refractivity contribution is 6.10. The molecular formula is C44H30N4. The lowest BCUT2D eigenvalue weighted by Gasteiger charge is -2.28. The predicted octanol–water partition coefficient (Wildman–Crippen LogP) is 11.0. The summed E-state index contributed by atoms with van der Waals surface area (Å²) in [5, 5.41) is 24.8. The van der Waals surface area contributed by atoms with Gasteiger partial charge in [-0.05, 0) is 90.6 Å². The van der Waals surface area contributed by atoms with Crippen molar-refractivity contribution < 1.29 is 0 Å². The normalized spacial score (nSPS) is 14.7. The summed E-state index contributed by atoms with van der Waals surface area (Å²) in [7, 11) is 0. The van der Waals surface area contributed by atoms with Crippen molar-refractivity contribution in [3.8, 4) is 23.5 Å². The first-order valence-corrected chi connectivity index (χ1v) is 16.5. The third kappa shape index (κ3) is 4.20. The van der Waals surface area contributed by atoms with Gasteiger partial charge in [-0.1, -0.05) is 84.9 Å². The van der Waals surface area contributed by atoms with Crippen LogP contribution in [0.1, 0.15) is 47.4 Å². The summed E-state index contributed by atoms with van der Waals surface area (Å²) in [6, 6.07) is 51.4. The van der Waals surface area contributed by atoms with E-state index < -0.39 is 0 Å². The number of hydrogen-bond acceptors (Lipinski definition) is 2. The van der Waals surface area contributed by atoms with Crippen LogP contribution in [0.25, 0.3) is 60.6 Å². The first-order valence-electron chi connectivity index (χ1n) is 16.5. The van der Waals surface area contributed by atoms with Gasteiger partial charge in [-0.25, -0.2) is 0 Å². The monoisotopic (exact) mass is 614 g/mol. The van der Waals surface area contributed by atoms with Gasteiger partial charge in [-0.15, -0.1) is 0 Å². The van der Waals surface area contributed by atoms with Crippen LogP contribution in [0.3, 0.4) is 0 Å². The van der Waals surface area contributed by atoms with Gasteiger partial charge < -0.3 is 9.13 Å². The Morgan fingerprint density at radius 1 is 0.542 bits per heavy atom. The van der Waals surface area contributed by atoms with E-state index in [1.165, 1.54) is 38.6 Å². The van der Waals surface area contributed by atoms with Crippen LogP contribution in [-0.4, -0.2) is 9.13 Å².